The van der Waals surface area contributed by atoms with Crippen molar-refractivity contribution in [2.45, 2.75) is 48.4 Å². The molecule has 6 aromatic rings. The standard InChI is InChI=1S/C34H31N11O10S3/c1-16(37-32-24(14-35)17(2)38-18(3)39-32)15-36-33-40-19(4)41-34(43-33)42-26-13-22(56(47,48)49)11-21-12-27(57(50,51)52)29(30(46)28(21)26)45-44-25-10-9-20-7-5-6-8-23(20)31(25)58(53,54)55/h5-13,16,46H,15H2,1-4H3,(H,37,38,39)(H,47,48,49)(H,50,51,52)(H,53,54,55)(H2,36,40,41,42,43)/p-3. The first-order valence-electron chi connectivity index (χ1n) is 16.5. The van der Waals surface area contributed by atoms with Crippen molar-refractivity contribution in [2.75, 3.05) is 22.5 Å². The Kier molecular flexibility index (Phi) is 11.0. The highest BCUT2D eigenvalue weighted by Gasteiger charge is 2.23. The van der Waals surface area contributed by atoms with Crippen LogP contribution in [-0.2, 0) is 30.4 Å². The summed E-state index contributed by atoms with van der Waals surface area (Å²) in [7, 11) is -16.1. The number of phenols is 1. The van der Waals surface area contributed by atoms with Crippen LogP contribution in [0.4, 0.5) is 34.8 Å². The van der Waals surface area contributed by atoms with Gasteiger partial charge in [-0.05, 0) is 62.7 Å². The highest BCUT2D eigenvalue weighted by molar-refractivity contribution is 7.86. The summed E-state index contributed by atoms with van der Waals surface area (Å²) in [5.41, 5.74) is -1.23. The highest BCUT2D eigenvalue weighted by Crippen LogP contribution is 2.46. The second-order valence-corrected chi connectivity index (χ2v) is 16.7. The van der Waals surface area contributed by atoms with Crippen molar-refractivity contribution in [3.63, 3.8) is 0 Å². The minimum Gasteiger partial charge on any atom is -0.744 e. The van der Waals surface area contributed by atoms with E-state index >= 15 is 0 Å². The fraction of sp³-hybridized carbons (Fsp3) is 0.176. The van der Waals surface area contributed by atoms with Gasteiger partial charge in [0.15, 0.2) is 5.75 Å². The fourth-order valence-corrected chi connectivity index (χ4v) is 7.88. The number of hydrogen-bond acceptors (Lipinski definition) is 21. The molecule has 1 atom stereocenters. The minimum absolute atomic E-state index is 0.00549. The number of fused-ring (bicyclic) bond motifs is 2. The van der Waals surface area contributed by atoms with Gasteiger partial charge in [-0.25, -0.2) is 35.2 Å². The van der Waals surface area contributed by atoms with E-state index in [-0.39, 0.29) is 41.3 Å². The van der Waals surface area contributed by atoms with Gasteiger partial charge in [0.1, 0.15) is 70.8 Å². The maximum Gasteiger partial charge on any atom is 0.232 e. The molecule has 6 rings (SSSR count). The number of phenolic OH excluding ortho intramolecular Hbond substituents is 1. The second kappa shape index (κ2) is 15.5. The molecule has 1 unspecified atom stereocenters. The zero-order valence-corrected chi connectivity index (χ0v) is 32.9. The zero-order valence-electron chi connectivity index (χ0n) is 30.4. The van der Waals surface area contributed by atoms with Gasteiger partial charge in [-0.3, -0.25) is 0 Å². The van der Waals surface area contributed by atoms with E-state index in [9.17, 15) is 49.3 Å². The molecule has 21 nitrogen and oxygen atoms in total. The van der Waals surface area contributed by atoms with Crippen molar-refractivity contribution in [3.8, 4) is 11.8 Å². The Morgan fingerprint density at radius 2 is 1.50 bits per heavy atom. The van der Waals surface area contributed by atoms with E-state index in [1.54, 1.807) is 26.8 Å². The van der Waals surface area contributed by atoms with Crippen molar-refractivity contribution >= 4 is 86.7 Å². The first-order chi connectivity index (χ1) is 27.1. The second-order valence-electron chi connectivity index (χ2n) is 12.6. The summed E-state index contributed by atoms with van der Waals surface area (Å²) in [6, 6.07) is 12.2. The average molecular weight is 847 g/mol. The molecule has 2 aromatic heterocycles. The molecule has 24 heteroatoms. The summed E-state index contributed by atoms with van der Waals surface area (Å²) in [6.45, 7) is 6.79. The van der Waals surface area contributed by atoms with Crippen LogP contribution in [0.2, 0.25) is 0 Å². The Balaban J connectivity index is 1.43. The van der Waals surface area contributed by atoms with E-state index < -0.39 is 78.6 Å². The molecule has 0 bridgehead atoms. The molecule has 0 saturated heterocycles. The number of aryl methyl sites for hydroxylation is 3. The molecular formula is C34H28N11O10S3-3. The van der Waals surface area contributed by atoms with Crippen LogP contribution in [0.3, 0.4) is 0 Å². The number of nitrogens with zero attached hydrogens (tertiary/aromatic N) is 8. The monoisotopic (exact) mass is 846 g/mol. The SMILES string of the molecule is Cc1nc(NCC(C)Nc2nc(C)nc(C)c2C#N)nc(Nc2cc(S(=O)(=O)[O-])cc3cc(S(=O)(=O)[O-])c(N=Nc4ccc5ccccc5c4S(=O)(=O)[O-])c(O)c23)n1. The zero-order chi connectivity index (χ0) is 42.3. The summed E-state index contributed by atoms with van der Waals surface area (Å²) < 4.78 is 111. The number of nitrogens with one attached hydrogen (secondary N) is 3. The molecule has 0 aliphatic heterocycles. The van der Waals surface area contributed by atoms with Crippen LogP contribution in [0.5, 0.6) is 5.75 Å². The molecule has 0 radical (unpaired) electrons. The molecule has 0 fully saturated rings. The lowest BCUT2D eigenvalue weighted by Gasteiger charge is -2.19. The number of aromatic hydroxyl groups is 1. The van der Waals surface area contributed by atoms with E-state index in [1.165, 1.54) is 31.2 Å². The van der Waals surface area contributed by atoms with E-state index in [0.29, 0.717) is 34.9 Å². The van der Waals surface area contributed by atoms with Crippen LogP contribution in [0.25, 0.3) is 21.5 Å². The van der Waals surface area contributed by atoms with E-state index in [1.807, 2.05) is 0 Å². The van der Waals surface area contributed by atoms with Gasteiger partial charge < -0.3 is 34.7 Å². The Bertz CT molecular complexity index is 3090. The Hall–Kier alpha value is -6.49. The number of nitriles is 1. The van der Waals surface area contributed by atoms with Gasteiger partial charge in [0.25, 0.3) is 0 Å². The smallest absolute Gasteiger partial charge is 0.232 e. The van der Waals surface area contributed by atoms with Crippen LogP contribution in [0, 0.1) is 32.1 Å². The summed E-state index contributed by atoms with van der Waals surface area (Å²) in [5.74, 6) is -0.466. The maximum absolute atomic E-state index is 12.5. The molecule has 0 spiro atoms. The molecule has 2 heterocycles. The van der Waals surface area contributed by atoms with Gasteiger partial charge in [-0.1, -0.05) is 30.3 Å². The van der Waals surface area contributed by atoms with Crippen molar-refractivity contribution in [2.24, 2.45) is 10.2 Å². The lowest BCUT2D eigenvalue weighted by molar-refractivity contribution is 0.458. The summed E-state index contributed by atoms with van der Waals surface area (Å²) >= 11 is 0. The molecule has 4 N–H and O–H groups in total. The van der Waals surface area contributed by atoms with Gasteiger partial charge in [0.2, 0.25) is 11.9 Å². The van der Waals surface area contributed by atoms with E-state index in [0.717, 1.165) is 12.1 Å². The molecule has 300 valence electrons. The topological polar surface area (TPSA) is 341 Å². The van der Waals surface area contributed by atoms with Crippen molar-refractivity contribution in [3.05, 3.63) is 77.5 Å². The normalized spacial score (nSPS) is 12.8. The Morgan fingerprint density at radius 3 is 2.17 bits per heavy atom. The summed E-state index contributed by atoms with van der Waals surface area (Å²) in [5, 5.41) is 36.9. The van der Waals surface area contributed by atoms with Crippen LogP contribution >= 0.6 is 0 Å². The molecule has 0 aliphatic rings. The first-order valence-corrected chi connectivity index (χ1v) is 20.8. The number of benzene rings is 4. The first kappa shape index (κ1) is 41.2. The molecule has 0 saturated carbocycles. The number of hydrogen-bond donors (Lipinski definition) is 4. The molecule has 4 aromatic carbocycles. The van der Waals surface area contributed by atoms with E-state index in [4.69, 9.17) is 0 Å². The number of aromatic nitrogens is 5. The fourth-order valence-electron chi connectivity index (χ4n) is 5.88. The van der Waals surface area contributed by atoms with Crippen LogP contribution in [0.1, 0.15) is 29.8 Å². The lowest BCUT2D eigenvalue weighted by Crippen LogP contribution is -2.27. The van der Waals surface area contributed by atoms with Gasteiger partial charge in [-0.15, -0.1) is 10.2 Å². The Labute approximate surface area is 330 Å². The maximum atomic E-state index is 12.5. The third-order valence-electron chi connectivity index (χ3n) is 8.30. The number of anilines is 4. The number of azo groups is 1. The summed E-state index contributed by atoms with van der Waals surface area (Å²) in [4.78, 5) is 18.2. The molecule has 0 amide bonds. The van der Waals surface area contributed by atoms with Crippen LogP contribution < -0.4 is 16.0 Å². The quantitative estimate of drug-likeness (QED) is 0.0987. The van der Waals surface area contributed by atoms with E-state index in [2.05, 4.69) is 57.2 Å². The van der Waals surface area contributed by atoms with Gasteiger partial charge in [-0.2, -0.15) is 20.2 Å². The minimum atomic E-state index is -5.56. The molecular weight excluding hydrogens is 819 g/mol. The third kappa shape index (κ3) is 8.73. The largest absolute Gasteiger partial charge is 0.744 e. The van der Waals surface area contributed by atoms with Gasteiger partial charge in [0, 0.05) is 23.4 Å². The summed E-state index contributed by atoms with van der Waals surface area (Å²) in [6.07, 6.45) is 0. The molecule has 58 heavy (non-hydrogen) atoms. The third-order valence-corrected chi connectivity index (χ3v) is 10.9. The van der Waals surface area contributed by atoms with Crippen LogP contribution in [-0.4, -0.2) is 81.5 Å². The van der Waals surface area contributed by atoms with Crippen LogP contribution in [0.15, 0.2) is 79.5 Å². The predicted molar refractivity (Wildman–Crippen MR) is 203 cm³/mol. The van der Waals surface area contributed by atoms with Crippen molar-refractivity contribution in [1.82, 2.24) is 24.9 Å². The lowest BCUT2D eigenvalue weighted by atomic mass is 10.1. The average Bonchev–Trinajstić information content (AvgIpc) is 3.11. The number of rotatable bonds is 12. The highest BCUT2D eigenvalue weighted by atomic mass is 32.2. The van der Waals surface area contributed by atoms with Crippen molar-refractivity contribution < 1.29 is 44.0 Å². The predicted octanol–water partition coefficient (Wildman–Crippen LogP) is 4.25. The Morgan fingerprint density at radius 1 is 0.810 bits per heavy atom. The van der Waals surface area contributed by atoms with Gasteiger partial charge >= 0.3 is 0 Å². The molecule has 0 aliphatic carbocycles. The van der Waals surface area contributed by atoms with Crippen molar-refractivity contribution in [1.29, 1.82) is 5.26 Å². The van der Waals surface area contributed by atoms with Gasteiger partial charge in [0.05, 0.1) is 26.1 Å².